The third-order valence-electron chi connectivity index (χ3n) is 1.96. The van der Waals surface area contributed by atoms with Crippen LogP contribution in [0.5, 0.6) is 0 Å². The number of allylic oxidation sites excluding steroid dienone is 2. The van der Waals surface area contributed by atoms with Crippen molar-refractivity contribution < 1.29 is 14.4 Å². The van der Waals surface area contributed by atoms with Crippen LogP contribution in [0, 0.1) is 0 Å². The predicted molar refractivity (Wildman–Crippen MR) is 49.8 cm³/mol. The number of amides is 2. The van der Waals surface area contributed by atoms with Gasteiger partial charge >= 0.3 is 0 Å². The molecule has 1 N–H and O–H groups in total. The lowest BCUT2D eigenvalue weighted by molar-refractivity contribution is -0.123. The van der Waals surface area contributed by atoms with E-state index < -0.39 is 5.91 Å². The lowest BCUT2D eigenvalue weighted by Gasteiger charge is -1.98. The molecule has 0 atom stereocenters. The average Bonchev–Trinajstić information content (AvgIpc) is 2.42. The third kappa shape index (κ3) is 1.39. The second-order valence-electron chi connectivity index (χ2n) is 2.75. The molecule has 2 aliphatic rings. The van der Waals surface area contributed by atoms with Crippen LogP contribution in [0.2, 0.25) is 0 Å². The molecule has 1 aliphatic heterocycles. The predicted octanol–water partition coefficient (Wildman–Crippen LogP) is -0.00810. The van der Waals surface area contributed by atoms with Gasteiger partial charge in [0, 0.05) is 11.6 Å². The van der Waals surface area contributed by atoms with Crippen molar-refractivity contribution in [3.05, 3.63) is 28.8 Å². The number of imide groups is 1. The molecule has 14 heavy (non-hydrogen) atoms. The maximum absolute atomic E-state index is 11.1. The molecule has 2 amide bonds. The smallest absolute Gasteiger partial charge is 0.296 e. The molecule has 0 aromatic carbocycles. The number of rotatable bonds is 0. The number of nitrogens with zero attached hydrogens (tertiary/aromatic N) is 2. The Morgan fingerprint density at radius 2 is 1.93 bits per heavy atom. The van der Waals surface area contributed by atoms with Crippen LogP contribution in [0.4, 0.5) is 0 Å². The van der Waals surface area contributed by atoms with Crippen molar-refractivity contribution >= 4 is 29.9 Å². The van der Waals surface area contributed by atoms with Crippen molar-refractivity contribution in [3.63, 3.8) is 0 Å². The van der Waals surface area contributed by atoms with Crippen LogP contribution in [0.1, 0.15) is 6.42 Å². The fourth-order valence-corrected chi connectivity index (χ4v) is 1.33. The van der Waals surface area contributed by atoms with Crippen LogP contribution < -0.4 is 5.32 Å². The van der Waals surface area contributed by atoms with E-state index >= 15 is 0 Å². The third-order valence-corrected chi connectivity index (χ3v) is 1.96. The zero-order valence-corrected chi connectivity index (χ0v) is 7.80. The van der Waals surface area contributed by atoms with Crippen molar-refractivity contribution in [3.8, 4) is 0 Å². The molecule has 1 saturated heterocycles. The van der Waals surface area contributed by atoms with Gasteiger partial charge in [-0.1, -0.05) is 6.08 Å². The Hall–Kier alpha value is -1.71. The summed E-state index contributed by atoms with van der Waals surface area (Å²) in [5.41, 5.74) is 9.49. The quantitative estimate of drug-likeness (QED) is 0.347. The van der Waals surface area contributed by atoms with Gasteiger partial charge in [0.2, 0.25) is 0 Å². The minimum atomic E-state index is -0.433. The van der Waals surface area contributed by atoms with Crippen molar-refractivity contribution in [1.29, 1.82) is 0 Å². The summed E-state index contributed by atoms with van der Waals surface area (Å²) in [6.07, 6.45) is 3.36. The number of carbonyl (C=O) groups is 2. The summed E-state index contributed by atoms with van der Waals surface area (Å²) >= 11 is 0. The Morgan fingerprint density at radius 1 is 1.29 bits per heavy atom. The van der Waals surface area contributed by atoms with Crippen LogP contribution in [0.25, 0.3) is 5.53 Å². The molecule has 5 nitrogen and oxygen atoms in total. The van der Waals surface area contributed by atoms with Crippen molar-refractivity contribution in [1.82, 2.24) is 5.32 Å². The average molecular weight is 212 g/mol. The monoisotopic (exact) mass is 211 g/mol. The largest absolute Gasteiger partial charge is 0.361 e. The summed E-state index contributed by atoms with van der Waals surface area (Å²) in [5, 5.41) is 2.15. The molecule has 0 aromatic heterocycles. The summed E-state index contributed by atoms with van der Waals surface area (Å²) < 4.78 is 0. The molecule has 0 unspecified atom stereocenters. The number of fused-ring (bicyclic) bond motifs is 1. The standard InChI is InChI=1S/C8H5N3O2.ClH/c9-11-4-1-2-5-6(3-4)8(13)10-7(5)12;/h2-3H,1H2,(H,10,12,13);1H. The van der Waals surface area contributed by atoms with E-state index in [0.717, 1.165) is 0 Å². The SMILES string of the molecule is Cl.[N-]=[N+]=C1C=C2C(=O)NC(=O)C2=CC1. The summed E-state index contributed by atoms with van der Waals surface area (Å²) in [7, 11) is 0. The van der Waals surface area contributed by atoms with Crippen LogP contribution in [0.3, 0.4) is 0 Å². The van der Waals surface area contributed by atoms with Gasteiger partial charge in [-0.25, -0.2) is 0 Å². The second kappa shape index (κ2) is 3.57. The molecule has 0 radical (unpaired) electrons. The maximum Gasteiger partial charge on any atom is 0.296 e. The fraction of sp³-hybridized carbons (Fsp3) is 0.125. The normalized spacial score (nSPS) is 18.7. The number of halogens is 1. The first-order valence-electron chi connectivity index (χ1n) is 3.71. The summed E-state index contributed by atoms with van der Waals surface area (Å²) in [6, 6.07) is 0. The molecule has 2 rings (SSSR count). The molecule has 0 bridgehead atoms. The first kappa shape index (κ1) is 10.4. The van der Waals surface area contributed by atoms with E-state index in [9.17, 15) is 9.59 Å². The first-order valence-corrected chi connectivity index (χ1v) is 3.71. The van der Waals surface area contributed by atoms with Crippen molar-refractivity contribution in [2.75, 3.05) is 0 Å². The van der Waals surface area contributed by atoms with E-state index in [1.807, 2.05) is 0 Å². The van der Waals surface area contributed by atoms with E-state index in [-0.39, 0.29) is 23.9 Å². The summed E-state index contributed by atoms with van der Waals surface area (Å²) in [6.45, 7) is 0. The van der Waals surface area contributed by atoms with Crippen LogP contribution in [-0.2, 0) is 9.59 Å². The summed E-state index contributed by atoms with van der Waals surface area (Å²) in [5.74, 6) is -0.815. The zero-order valence-electron chi connectivity index (χ0n) is 6.98. The molecule has 0 aromatic rings. The highest BCUT2D eigenvalue weighted by Gasteiger charge is 2.33. The van der Waals surface area contributed by atoms with Gasteiger partial charge < -0.3 is 5.53 Å². The molecule has 6 heteroatoms. The zero-order chi connectivity index (χ0) is 9.42. The van der Waals surface area contributed by atoms with E-state index in [4.69, 9.17) is 5.53 Å². The molecule has 0 spiro atoms. The lowest BCUT2D eigenvalue weighted by Crippen LogP contribution is -2.19. The van der Waals surface area contributed by atoms with Crippen molar-refractivity contribution in [2.45, 2.75) is 6.42 Å². The molecule has 1 heterocycles. The highest BCUT2D eigenvalue weighted by Crippen LogP contribution is 2.21. The Balaban J connectivity index is 0.000000980. The Morgan fingerprint density at radius 3 is 2.57 bits per heavy atom. The van der Waals surface area contributed by atoms with Crippen LogP contribution in [0.15, 0.2) is 23.3 Å². The van der Waals surface area contributed by atoms with Gasteiger partial charge in [0.25, 0.3) is 17.5 Å². The minimum Gasteiger partial charge on any atom is -0.361 e. The Kier molecular flexibility index (Phi) is 2.65. The molecule has 1 aliphatic carbocycles. The van der Waals surface area contributed by atoms with E-state index in [2.05, 4.69) is 10.1 Å². The second-order valence-corrected chi connectivity index (χ2v) is 2.75. The van der Waals surface area contributed by atoms with Gasteiger partial charge in [-0.15, -0.1) is 12.4 Å². The van der Waals surface area contributed by atoms with Gasteiger partial charge in [0.1, 0.15) is 0 Å². The molecule has 1 fully saturated rings. The molecular formula is C8H6ClN3O2. The topological polar surface area (TPSA) is 82.6 Å². The van der Waals surface area contributed by atoms with Crippen LogP contribution >= 0.6 is 12.4 Å². The molecule has 72 valence electrons. The van der Waals surface area contributed by atoms with E-state index in [0.29, 0.717) is 17.7 Å². The Labute approximate surface area is 85.5 Å². The number of nitrogens with one attached hydrogen (secondary N) is 1. The van der Waals surface area contributed by atoms with E-state index in [1.165, 1.54) is 6.08 Å². The van der Waals surface area contributed by atoms with Gasteiger partial charge in [0.05, 0.1) is 12.0 Å². The van der Waals surface area contributed by atoms with Crippen LogP contribution in [-0.4, -0.2) is 22.3 Å². The number of carbonyl (C=O) groups excluding carboxylic acids is 2. The van der Waals surface area contributed by atoms with Crippen molar-refractivity contribution in [2.24, 2.45) is 0 Å². The van der Waals surface area contributed by atoms with Gasteiger partial charge in [-0.05, 0) is 0 Å². The molecule has 0 saturated carbocycles. The van der Waals surface area contributed by atoms with Gasteiger partial charge in [-0.3, -0.25) is 14.9 Å². The Bertz CT molecular complexity index is 430. The van der Waals surface area contributed by atoms with Gasteiger partial charge in [0.15, 0.2) is 0 Å². The first-order chi connectivity index (χ1) is 6.22. The number of hydrogen-bond acceptors (Lipinski definition) is 2. The lowest BCUT2D eigenvalue weighted by atomic mass is 9.99. The maximum atomic E-state index is 11.1. The summed E-state index contributed by atoms with van der Waals surface area (Å²) in [4.78, 5) is 25.1. The van der Waals surface area contributed by atoms with E-state index in [1.54, 1.807) is 6.08 Å². The molecular weight excluding hydrogens is 206 g/mol. The number of hydrogen-bond donors (Lipinski definition) is 1. The highest BCUT2D eigenvalue weighted by molar-refractivity contribution is 6.27. The van der Waals surface area contributed by atoms with Gasteiger partial charge in [-0.2, -0.15) is 4.79 Å². The highest BCUT2D eigenvalue weighted by atomic mass is 35.5. The minimum absolute atomic E-state index is 0. The fourth-order valence-electron chi connectivity index (χ4n) is 1.33.